The maximum atomic E-state index is 12.2. The van der Waals surface area contributed by atoms with Crippen LogP contribution in [-0.2, 0) is 4.79 Å². The molecule has 0 saturated carbocycles. The fraction of sp³-hybridized carbons (Fsp3) is 0.350. The van der Waals surface area contributed by atoms with Gasteiger partial charge in [-0.2, -0.15) is 0 Å². The molecular formula is C20H23ClN4O2S. The fourth-order valence-electron chi connectivity index (χ4n) is 2.92. The zero-order valence-corrected chi connectivity index (χ0v) is 17.1. The number of hydrazine groups is 1. The van der Waals surface area contributed by atoms with E-state index in [-0.39, 0.29) is 17.6 Å². The molecule has 1 aromatic heterocycles. The fourth-order valence-corrected chi connectivity index (χ4v) is 3.75. The van der Waals surface area contributed by atoms with Crippen molar-refractivity contribution < 1.29 is 9.59 Å². The summed E-state index contributed by atoms with van der Waals surface area (Å²) < 4.78 is 0. The van der Waals surface area contributed by atoms with Gasteiger partial charge in [0.2, 0.25) is 5.91 Å². The number of anilines is 1. The van der Waals surface area contributed by atoms with Crippen LogP contribution in [0, 0.1) is 0 Å². The normalized spacial score (nSPS) is 14.2. The summed E-state index contributed by atoms with van der Waals surface area (Å²) in [5.74, 6) is 0.401. The summed E-state index contributed by atoms with van der Waals surface area (Å²) in [7, 11) is 0. The van der Waals surface area contributed by atoms with Crippen LogP contribution in [0.5, 0.6) is 0 Å². The van der Waals surface area contributed by atoms with Crippen LogP contribution in [0.15, 0.2) is 47.5 Å². The molecule has 6 nitrogen and oxygen atoms in total. The second-order valence-electron chi connectivity index (χ2n) is 6.55. The molecule has 0 spiro atoms. The largest absolute Gasteiger partial charge is 0.357 e. The Labute approximate surface area is 174 Å². The molecule has 0 atom stereocenters. The minimum atomic E-state index is -0.389. The van der Waals surface area contributed by atoms with Gasteiger partial charge in [-0.15, -0.1) is 11.8 Å². The molecule has 3 rings (SSSR count). The molecular weight excluding hydrogens is 396 g/mol. The quantitative estimate of drug-likeness (QED) is 0.572. The second-order valence-corrected chi connectivity index (χ2v) is 8.04. The number of amides is 2. The molecule has 2 heterocycles. The third-order valence-electron chi connectivity index (χ3n) is 4.44. The molecule has 0 unspecified atom stereocenters. The first-order chi connectivity index (χ1) is 13.6. The predicted octanol–water partition coefficient (Wildman–Crippen LogP) is 3.67. The molecule has 2 aromatic rings. The summed E-state index contributed by atoms with van der Waals surface area (Å²) in [6, 6.07) is 10.8. The van der Waals surface area contributed by atoms with Crippen molar-refractivity contribution in [3.63, 3.8) is 0 Å². The molecule has 1 aromatic carbocycles. The van der Waals surface area contributed by atoms with Gasteiger partial charge in [0.1, 0.15) is 5.82 Å². The zero-order chi connectivity index (χ0) is 19.8. The molecule has 0 radical (unpaired) electrons. The van der Waals surface area contributed by atoms with Crippen molar-refractivity contribution in [2.24, 2.45) is 0 Å². The molecule has 1 saturated heterocycles. The van der Waals surface area contributed by atoms with Gasteiger partial charge in [-0.25, -0.2) is 4.98 Å². The van der Waals surface area contributed by atoms with Crippen molar-refractivity contribution in [2.45, 2.75) is 30.6 Å². The number of pyridine rings is 1. The third-order valence-corrected chi connectivity index (χ3v) is 5.70. The van der Waals surface area contributed by atoms with E-state index < -0.39 is 0 Å². The predicted molar refractivity (Wildman–Crippen MR) is 113 cm³/mol. The van der Waals surface area contributed by atoms with Crippen molar-refractivity contribution >= 4 is 41.0 Å². The Morgan fingerprint density at radius 3 is 2.36 bits per heavy atom. The van der Waals surface area contributed by atoms with E-state index in [0.29, 0.717) is 10.6 Å². The lowest BCUT2D eigenvalue weighted by atomic mass is 10.2. The first kappa shape index (κ1) is 20.5. The molecule has 0 bridgehead atoms. The first-order valence-electron chi connectivity index (χ1n) is 9.30. The van der Waals surface area contributed by atoms with Crippen molar-refractivity contribution in [1.82, 2.24) is 15.8 Å². The number of nitrogens with zero attached hydrogens (tertiary/aromatic N) is 2. The van der Waals surface area contributed by atoms with E-state index in [1.807, 2.05) is 18.2 Å². The first-order valence-corrected chi connectivity index (χ1v) is 10.7. The Kier molecular flexibility index (Phi) is 7.56. The Bertz CT molecular complexity index is 791. The number of benzene rings is 1. The summed E-state index contributed by atoms with van der Waals surface area (Å²) in [6.07, 6.45) is 6.40. The lowest BCUT2D eigenvalue weighted by Crippen LogP contribution is -2.42. The molecule has 2 N–H and O–H groups in total. The van der Waals surface area contributed by atoms with Gasteiger partial charge in [0.15, 0.2) is 0 Å². The number of hydrogen-bond donors (Lipinski definition) is 2. The van der Waals surface area contributed by atoms with Gasteiger partial charge in [0, 0.05) is 29.2 Å². The van der Waals surface area contributed by atoms with Gasteiger partial charge in [0.05, 0.1) is 11.3 Å². The standard InChI is InChI=1S/C20H23ClN4O2S/c21-16-6-8-17(9-7-16)28-14-19(26)23-24-20(27)15-5-10-18(22-13-15)25-11-3-1-2-4-12-25/h5-10,13H,1-4,11-12,14H2,(H,23,26)(H,24,27). The Morgan fingerprint density at radius 1 is 1.00 bits per heavy atom. The lowest BCUT2D eigenvalue weighted by Gasteiger charge is -2.21. The molecule has 2 amide bonds. The number of hydrogen-bond acceptors (Lipinski definition) is 5. The van der Waals surface area contributed by atoms with Crippen LogP contribution in [0.25, 0.3) is 0 Å². The smallest absolute Gasteiger partial charge is 0.271 e. The van der Waals surface area contributed by atoms with E-state index in [2.05, 4.69) is 20.7 Å². The summed E-state index contributed by atoms with van der Waals surface area (Å²) in [5.41, 5.74) is 5.26. The van der Waals surface area contributed by atoms with Crippen LogP contribution in [0.1, 0.15) is 36.0 Å². The van der Waals surface area contributed by atoms with Crippen LogP contribution < -0.4 is 15.8 Å². The highest BCUT2D eigenvalue weighted by atomic mass is 35.5. The molecule has 1 fully saturated rings. The molecule has 8 heteroatoms. The van der Waals surface area contributed by atoms with E-state index in [1.165, 1.54) is 37.4 Å². The number of thioether (sulfide) groups is 1. The average molecular weight is 419 g/mol. The minimum absolute atomic E-state index is 0.189. The highest BCUT2D eigenvalue weighted by Gasteiger charge is 2.13. The molecule has 0 aliphatic carbocycles. The maximum absolute atomic E-state index is 12.2. The van der Waals surface area contributed by atoms with Gasteiger partial charge in [0.25, 0.3) is 5.91 Å². The SMILES string of the molecule is O=C(CSc1ccc(Cl)cc1)NNC(=O)c1ccc(N2CCCCCC2)nc1. The lowest BCUT2D eigenvalue weighted by molar-refractivity contribution is -0.119. The van der Waals surface area contributed by atoms with Gasteiger partial charge in [-0.3, -0.25) is 20.4 Å². The van der Waals surface area contributed by atoms with E-state index in [9.17, 15) is 9.59 Å². The Morgan fingerprint density at radius 2 is 1.71 bits per heavy atom. The van der Waals surface area contributed by atoms with E-state index in [1.54, 1.807) is 24.4 Å². The Balaban J connectivity index is 1.44. The van der Waals surface area contributed by atoms with Crippen LogP contribution in [-0.4, -0.2) is 35.6 Å². The van der Waals surface area contributed by atoms with Crippen molar-refractivity contribution in [1.29, 1.82) is 0 Å². The topological polar surface area (TPSA) is 74.3 Å². The van der Waals surface area contributed by atoms with Crippen LogP contribution in [0.3, 0.4) is 0 Å². The summed E-state index contributed by atoms with van der Waals surface area (Å²) in [4.78, 5) is 31.7. The van der Waals surface area contributed by atoms with Crippen molar-refractivity contribution in [3.8, 4) is 0 Å². The van der Waals surface area contributed by atoms with Crippen LogP contribution in [0.2, 0.25) is 5.02 Å². The number of aromatic nitrogens is 1. The number of carbonyl (C=O) groups excluding carboxylic acids is 2. The number of rotatable bonds is 5. The maximum Gasteiger partial charge on any atom is 0.271 e. The van der Waals surface area contributed by atoms with Crippen LogP contribution in [0.4, 0.5) is 5.82 Å². The third kappa shape index (κ3) is 6.14. The van der Waals surface area contributed by atoms with Gasteiger partial charge < -0.3 is 4.90 Å². The molecule has 148 valence electrons. The van der Waals surface area contributed by atoms with E-state index >= 15 is 0 Å². The average Bonchev–Trinajstić information content (AvgIpc) is 3.01. The van der Waals surface area contributed by atoms with Crippen molar-refractivity contribution in [3.05, 3.63) is 53.2 Å². The Hall–Kier alpha value is -2.25. The summed E-state index contributed by atoms with van der Waals surface area (Å²) in [6.45, 7) is 2.00. The highest BCUT2D eigenvalue weighted by molar-refractivity contribution is 8.00. The molecule has 1 aliphatic rings. The second kappa shape index (κ2) is 10.3. The number of carbonyl (C=O) groups is 2. The van der Waals surface area contributed by atoms with Crippen LogP contribution >= 0.6 is 23.4 Å². The van der Waals surface area contributed by atoms with Gasteiger partial charge >= 0.3 is 0 Å². The number of nitrogens with one attached hydrogen (secondary N) is 2. The van der Waals surface area contributed by atoms with Crippen molar-refractivity contribution in [2.75, 3.05) is 23.7 Å². The van der Waals surface area contributed by atoms with Gasteiger partial charge in [-0.05, 0) is 49.2 Å². The highest BCUT2D eigenvalue weighted by Crippen LogP contribution is 2.20. The zero-order valence-electron chi connectivity index (χ0n) is 15.5. The summed E-state index contributed by atoms with van der Waals surface area (Å²) in [5, 5.41) is 0.650. The monoisotopic (exact) mass is 418 g/mol. The van der Waals surface area contributed by atoms with Gasteiger partial charge in [-0.1, -0.05) is 24.4 Å². The summed E-state index contributed by atoms with van der Waals surface area (Å²) >= 11 is 7.20. The molecule has 28 heavy (non-hydrogen) atoms. The minimum Gasteiger partial charge on any atom is -0.357 e. The van der Waals surface area contributed by atoms with E-state index in [0.717, 1.165) is 23.8 Å². The number of halogens is 1. The molecule has 1 aliphatic heterocycles. The van der Waals surface area contributed by atoms with E-state index in [4.69, 9.17) is 11.6 Å².